The molecule has 2 N–H and O–H groups in total. The van der Waals surface area contributed by atoms with Gasteiger partial charge in [-0.1, -0.05) is 36.4 Å². The van der Waals surface area contributed by atoms with Crippen LogP contribution in [0, 0.1) is 0 Å². The first kappa shape index (κ1) is 19.1. The van der Waals surface area contributed by atoms with Crippen molar-refractivity contribution in [3.05, 3.63) is 89.3 Å². The van der Waals surface area contributed by atoms with E-state index < -0.39 is 5.91 Å². The van der Waals surface area contributed by atoms with E-state index in [0.717, 1.165) is 43.7 Å². The lowest BCUT2D eigenvalue weighted by Crippen LogP contribution is -2.32. The maximum atomic E-state index is 11.2. The number of carbonyl (C=O) groups is 1. The van der Waals surface area contributed by atoms with Crippen molar-refractivity contribution >= 4 is 12.0 Å². The molecule has 0 saturated carbocycles. The standard InChI is InChI=1S/C23H24N4O2/c28-23(25-29)9-7-18-6-8-19-11-14-26(17-20(19)16-18)15-12-22-10-13-24-27(22)21-4-2-1-3-5-21/h1-10,13,16,29H,11-12,14-15,17H2,(H,25,28)/b9-7+. The molecule has 0 fully saturated rings. The van der Waals surface area contributed by atoms with Crippen LogP contribution in [0.3, 0.4) is 0 Å². The van der Waals surface area contributed by atoms with Gasteiger partial charge in [0.15, 0.2) is 0 Å². The Balaban J connectivity index is 1.41. The van der Waals surface area contributed by atoms with Crippen molar-refractivity contribution in [1.29, 1.82) is 0 Å². The summed E-state index contributed by atoms with van der Waals surface area (Å²) in [6.45, 7) is 2.89. The predicted molar refractivity (Wildman–Crippen MR) is 112 cm³/mol. The SMILES string of the molecule is O=C(/C=C/c1ccc2c(c1)CN(CCc1ccnn1-c1ccccc1)CC2)NO. The fourth-order valence-corrected chi connectivity index (χ4v) is 3.73. The van der Waals surface area contributed by atoms with Gasteiger partial charge < -0.3 is 0 Å². The van der Waals surface area contributed by atoms with E-state index in [1.54, 1.807) is 11.6 Å². The molecule has 0 spiro atoms. The number of benzene rings is 2. The molecule has 1 aliphatic heterocycles. The Bertz CT molecular complexity index is 1010. The van der Waals surface area contributed by atoms with Crippen molar-refractivity contribution in [1.82, 2.24) is 20.2 Å². The fraction of sp³-hybridized carbons (Fsp3) is 0.217. The Labute approximate surface area is 170 Å². The molecule has 1 aliphatic rings. The van der Waals surface area contributed by atoms with Crippen molar-refractivity contribution in [2.45, 2.75) is 19.4 Å². The summed E-state index contributed by atoms with van der Waals surface area (Å²) in [6, 6.07) is 18.5. The van der Waals surface area contributed by atoms with Gasteiger partial charge in [-0.05, 0) is 47.4 Å². The van der Waals surface area contributed by atoms with Gasteiger partial charge in [0.05, 0.1) is 5.69 Å². The van der Waals surface area contributed by atoms with E-state index in [2.05, 4.69) is 40.3 Å². The first-order valence-corrected chi connectivity index (χ1v) is 9.77. The number of hydrogen-bond acceptors (Lipinski definition) is 4. The number of nitrogens with zero attached hydrogens (tertiary/aromatic N) is 3. The average Bonchev–Trinajstić information content (AvgIpc) is 3.25. The molecule has 0 unspecified atom stereocenters. The first-order chi connectivity index (χ1) is 14.2. The molecular formula is C23H24N4O2. The number of rotatable bonds is 6. The van der Waals surface area contributed by atoms with Crippen LogP contribution in [-0.4, -0.2) is 38.9 Å². The minimum absolute atomic E-state index is 0.528. The largest absolute Gasteiger partial charge is 0.298 e. The smallest absolute Gasteiger partial charge is 0.267 e. The second-order valence-corrected chi connectivity index (χ2v) is 7.18. The van der Waals surface area contributed by atoms with Gasteiger partial charge in [0.2, 0.25) is 0 Å². The molecule has 148 valence electrons. The van der Waals surface area contributed by atoms with Crippen LogP contribution in [0.2, 0.25) is 0 Å². The zero-order valence-electron chi connectivity index (χ0n) is 16.2. The summed E-state index contributed by atoms with van der Waals surface area (Å²) in [7, 11) is 0. The molecule has 3 aromatic rings. The number of nitrogens with one attached hydrogen (secondary N) is 1. The van der Waals surface area contributed by atoms with Crippen LogP contribution in [0.1, 0.15) is 22.4 Å². The quantitative estimate of drug-likeness (QED) is 0.387. The normalized spacial score (nSPS) is 14.1. The van der Waals surface area contributed by atoms with E-state index in [-0.39, 0.29) is 0 Å². The predicted octanol–water partition coefficient (Wildman–Crippen LogP) is 2.99. The van der Waals surface area contributed by atoms with Crippen LogP contribution in [0.15, 0.2) is 66.9 Å². The van der Waals surface area contributed by atoms with Crippen molar-refractivity contribution in [2.24, 2.45) is 0 Å². The first-order valence-electron chi connectivity index (χ1n) is 9.77. The Kier molecular flexibility index (Phi) is 5.84. The fourth-order valence-electron chi connectivity index (χ4n) is 3.73. The molecule has 0 atom stereocenters. The summed E-state index contributed by atoms with van der Waals surface area (Å²) in [5, 5.41) is 13.1. The number of carbonyl (C=O) groups excluding carboxylic acids is 1. The van der Waals surface area contributed by atoms with Crippen molar-refractivity contribution < 1.29 is 10.0 Å². The Hall–Kier alpha value is -3.22. The van der Waals surface area contributed by atoms with Crippen molar-refractivity contribution in [3.8, 4) is 5.69 Å². The average molecular weight is 388 g/mol. The van der Waals surface area contributed by atoms with E-state index >= 15 is 0 Å². The van der Waals surface area contributed by atoms with Gasteiger partial charge >= 0.3 is 0 Å². The van der Waals surface area contributed by atoms with Gasteiger partial charge in [-0.15, -0.1) is 0 Å². The molecule has 2 heterocycles. The number of fused-ring (bicyclic) bond motifs is 1. The summed E-state index contributed by atoms with van der Waals surface area (Å²) in [6.07, 6.45) is 6.85. The second-order valence-electron chi connectivity index (χ2n) is 7.18. The van der Waals surface area contributed by atoms with Crippen LogP contribution in [0.5, 0.6) is 0 Å². The van der Waals surface area contributed by atoms with Crippen molar-refractivity contribution in [3.63, 3.8) is 0 Å². The number of aromatic nitrogens is 2. The highest BCUT2D eigenvalue weighted by atomic mass is 16.5. The third-order valence-corrected chi connectivity index (χ3v) is 5.27. The van der Waals surface area contributed by atoms with Crippen LogP contribution in [-0.2, 0) is 24.2 Å². The molecular weight excluding hydrogens is 364 g/mol. The van der Waals surface area contributed by atoms with E-state index in [9.17, 15) is 4.79 Å². The van der Waals surface area contributed by atoms with Crippen molar-refractivity contribution in [2.75, 3.05) is 13.1 Å². The van der Waals surface area contributed by atoms with Crippen LogP contribution >= 0.6 is 0 Å². The van der Waals surface area contributed by atoms with E-state index in [1.807, 2.05) is 35.1 Å². The molecule has 6 heteroatoms. The summed E-state index contributed by atoms with van der Waals surface area (Å²) < 4.78 is 2.01. The van der Waals surface area contributed by atoms with Crippen LogP contribution < -0.4 is 5.48 Å². The number of hydroxylamine groups is 1. The minimum atomic E-state index is -0.528. The zero-order valence-corrected chi connectivity index (χ0v) is 16.2. The second kappa shape index (κ2) is 8.86. The maximum Gasteiger partial charge on any atom is 0.267 e. The molecule has 0 saturated heterocycles. The van der Waals surface area contributed by atoms with Gasteiger partial charge in [-0.3, -0.25) is 14.9 Å². The van der Waals surface area contributed by atoms with E-state index in [4.69, 9.17) is 5.21 Å². The molecule has 1 amide bonds. The summed E-state index contributed by atoms with van der Waals surface area (Å²) in [5.41, 5.74) is 7.50. The highest BCUT2D eigenvalue weighted by Gasteiger charge is 2.17. The third-order valence-electron chi connectivity index (χ3n) is 5.27. The highest BCUT2D eigenvalue weighted by Crippen LogP contribution is 2.21. The Morgan fingerprint density at radius 1 is 1.14 bits per heavy atom. The van der Waals surface area contributed by atoms with Gasteiger partial charge in [0.1, 0.15) is 0 Å². The molecule has 0 aliphatic carbocycles. The lowest BCUT2D eigenvalue weighted by atomic mass is 9.97. The highest BCUT2D eigenvalue weighted by molar-refractivity contribution is 5.90. The van der Waals surface area contributed by atoms with Gasteiger partial charge in [-0.25, -0.2) is 10.2 Å². The topological polar surface area (TPSA) is 70.4 Å². The summed E-state index contributed by atoms with van der Waals surface area (Å²) in [4.78, 5) is 13.6. The number of amides is 1. The molecule has 1 aromatic heterocycles. The lowest BCUT2D eigenvalue weighted by Gasteiger charge is -2.29. The monoisotopic (exact) mass is 388 g/mol. The van der Waals surface area contributed by atoms with Crippen LogP contribution in [0.25, 0.3) is 11.8 Å². The van der Waals surface area contributed by atoms with Crippen LogP contribution in [0.4, 0.5) is 0 Å². The van der Waals surface area contributed by atoms with Gasteiger partial charge in [0.25, 0.3) is 5.91 Å². The zero-order chi connectivity index (χ0) is 20.1. The number of para-hydroxylation sites is 1. The summed E-state index contributed by atoms with van der Waals surface area (Å²) >= 11 is 0. The maximum absolute atomic E-state index is 11.2. The van der Waals surface area contributed by atoms with Gasteiger partial charge in [-0.2, -0.15) is 5.10 Å². The Morgan fingerprint density at radius 3 is 2.83 bits per heavy atom. The molecule has 6 nitrogen and oxygen atoms in total. The minimum Gasteiger partial charge on any atom is -0.298 e. The molecule has 4 rings (SSSR count). The third kappa shape index (κ3) is 4.62. The number of hydrogen-bond donors (Lipinski definition) is 2. The molecule has 0 bridgehead atoms. The molecule has 2 aromatic carbocycles. The van der Waals surface area contributed by atoms with Gasteiger partial charge in [0, 0.05) is 44.0 Å². The molecule has 0 radical (unpaired) electrons. The van der Waals surface area contributed by atoms with E-state index in [1.165, 1.54) is 22.9 Å². The molecule has 29 heavy (non-hydrogen) atoms. The van der Waals surface area contributed by atoms with E-state index in [0.29, 0.717) is 0 Å². The Morgan fingerprint density at radius 2 is 2.00 bits per heavy atom. The lowest BCUT2D eigenvalue weighted by molar-refractivity contribution is -0.124. The summed E-state index contributed by atoms with van der Waals surface area (Å²) in [5.74, 6) is -0.528.